The average molecular weight is 219 g/mol. The molecule has 5 heteroatoms. The van der Waals surface area contributed by atoms with Crippen LogP contribution in [-0.2, 0) is 20.3 Å². The maximum absolute atomic E-state index is 10.8. The molecule has 0 aliphatic carbocycles. The molecule has 0 aromatic carbocycles. The first-order chi connectivity index (χ1) is 6.66. The van der Waals surface area contributed by atoms with Crippen molar-refractivity contribution in [2.45, 2.75) is 6.92 Å². The van der Waals surface area contributed by atoms with Crippen LogP contribution in [0.15, 0.2) is 12.2 Å². The fourth-order valence-electron chi connectivity index (χ4n) is 0.747. The third-order valence-corrected chi connectivity index (χ3v) is 2.15. The first-order valence-electron chi connectivity index (χ1n) is 4.50. The minimum Gasteiger partial charge on any atom is -0.463 e. The zero-order valence-corrected chi connectivity index (χ0v) is 9.43. The number of nitrogens with one attached hydrogen (secondary N) is 1. The Bertz CT molecular complexity index is 216. The largest absolute Gasteiger partial charge is 0.463 e. The van der Waals surface area contributed by atoms with Crippen LogP contribution in [0, 0.1) is 0 Å². The fraction of sp³-hybridized carbons (Fsp3) is 0.667. The maximum Gasteiger partial charge on any atom is 0.330 e. The lowest BCUT2D eigenvalue weighted by atomic mass is 10.5. The molecule has 0 bridgehead atoms. The third kappa shape index (κ3) is 9.41. The Labute approximate surface area is 87.2 Å². The molecule has 0 aliphatic rings. The number of ether oxygens (including phenoxy) is 1. The third-order valence-electron chi connectivity index (χ3n) is 1.37. The van der Waals surface area contributed by atoms with Crippen molar-refractivity contribution in [3.05, 3.63) is 12.2 Å². The van der Waals surface area contributed by atoms with Crippen LogP contribution in [0.2, 0.25) is 0 Å². The van der Waals surface area contributed by atoms with Crippen LogP contribution < -0.4 is 5.32 Å². The van der Waals surface area contributed by atoms with E-state index in [0.717, 1.165) is 0 Å². The summed E-state index contributed by atoms with van der Waals surface area (Å²) in [5.41, 5.74) is 0. The van der Waals surface area contributed by atoms with Crippen LogP contribution in [0.1, 0.15) is 6.92 Å². The van der Waals surface area contributed by atoms with Gasteiger partial charge in [0.15, 0.2) is 0 Å². The van der Waals surface area contributed by atoms with E-state index in [9.17, 15) is 9.00 Å². The first-order valence-corrected chi connectivity index (χ1v) is 6.23. The SMILES string of the molecule is CCOC(=O)/C=C/CNCCS(C)=O. The highest BCUT2D eigenvalue weighted by Crippen LogP contribution is 1.80. The van der Waals surface area contributed by atoms with Crippen molar-refractivity contribution in [1.82, 2.24) is 5.32 Å². The molecule has 1 N–H and O–H groups in total. The molecule has 0 fully saturated rings. The molecule has 82 valence electrons. The molecule has 0 aliphatic heterocycles. The molecule has 0 aromatic heterocycles. The molecule has 14 heavy (non-hydrogen) atoms. The number of rotatable bonds is 7. The van der Waals surface area contributed by atoms with E-state index < -0.39 is 10.8 Å². The number of carbonyl (C=O) groups excluding carboxylic acids is 1. The second-order valence-electron chi connectivity index (χ2n) is 2.64. The topological polar surface area (TPSA) is 55.4 Å². The molecule has 0 rings (SSSR count). The van der Waals surface area contributed by atoms with Crippen molar-refractivity contribution in [1.29, 1.82) is 0 Å². The molecule has 0 spiro atoms. The highest BCUT2D eigenvalue weighted by Gasteiger charge is 1.92. The van der Waals surface area contributed by atoms with Gasteiger partial charge in [-0.2, -0.15) is 0 Å². The van der Waals surface area contributed by atoms with Crippen molar-refractivity contribution in [2.75, 3.05) is 31.7 Å². The van der Waals surface area contributed by atoms with Crippen LogP contribution in [0.4, 0.5) is 0 Å². The van der Waals surface area contributed by atoms with Gasteiger partial charge in [-0.05, 0) is 6.92 Å². The van der Waals surface area contributed by atoms with Crippen molar-refractivity contribution in [2.24, 2.45) is 0 Å². The van der Waals surface area contributed by atoms with Gasteiger partial charge in [-0.15, -0.1) is 0 Å². The van der Waals surface area contributed by atoms with Gasteiger partial charge in [0, 0.05) is 42.0 Å². The molecular weight excluding hydrogens is 202 g/mol. The van der Waals surface area contributed by atoms with E-state index in [0.29, 0.717) is 25.4 Å². The Kier molecular flexibility index (Phi) is 8.47. The maximum atomic E-state index is 10.8. The highest BCUT2D eigenvalue weighted by atomic mass is 32.2. The van der Waals surface area contributed by atoms with Crippen LogP contribution in [-0.4, -0.2) is 41.9 Å². The van der Waals surface area contributed by atoms with E-state index in [1.807, 2.05) is 0 Å². The van der Waals surface area contributed by atoms with Crippen molar-refractivity contribution in [3.63, 3.8) is 0 Å². The minimum atomic E-state index is -0.761. The lowest BCUT2D eigenvalue weighted by Crippen LogP contribution is -2.20. The molecule has 0 radical (unpaired) electrons. The lowest BCUT2D eigenvalue weighted by Gasteiger charge is -1.98. The molecule has 1 atom stereocenters. The van der Waals surface area contributed by atoms with E-state index in [-0.39, 0.29) is 5.97 Å². The van der Waals surface area contributed by atoms with Gasteiger partial charge >= 0.3 is 5.97 Å². The van der Waals surface area contributed by atoms with Crippen molar-refractivity contribution < 1.29 is 13.7 Å². The Morgan fingerprint density at radius 3 is 2.86 bits per heavy atom. The smallest absolute Gasteiger partial charge is 0.330 e. The standard InChI is InChI=1S/C9H17NO3S/c1-3-13-9(11)5-4-6-10-7-8-14(2)12/h4-5,10H,3,6-8H2,1-2H3/b5-4+. The van der Waals surface area contributed by atoms with Gasteiger partial charge in [0.25, 0.3) is 0 Å². The Balaban J connectivity index is 3.35. The van der Waals surface area contributed by atoms with Crippen LogP contribution >= 0.6 is 0 Å². The zero-order valence-electron chi connectivity index (χ0n) is 8.62. The van der Waals surface area contributed by atoms with Crippen molar-refractivity contribution in [3.8, 4) is 0 Å². The molecule has 4 nitrogen and oxygen atoms in total. The average Bonchev–Trinajstić information content (AvgIpc) is 2.11. The first kappa shape index (κ1) is 13.3. The minimum absolute atomic E-state index is 0.326. The van der Waals surface area contributed by atoms with E-state index in [4.69, 9.17) is 0 Å². The summed E-state index contributed by atoms with van der Waals surface area (Å²) in [4.78, 5) is 10.8. The lowest BCUT2D eigenvalue weighted by molar-refractivity contribution is -0.137. The van der Waals surface area contributed by atoms with Gasteiger partial charge in [-0.25, -0.2) is 4.79 Å². The van der Waals surface area contributed by atoms with Crippen LogP contribution in [0.3, 0.4) is 0 Å². The fourth-order valence-corrected chi connectivity index (χ4v) is 1.18. The van der Waals surface area contributed by atoms with Gasteiger partial charge in [0.2, 0.25) is 0 Å². The molecule has 0 amide bonds. The molecular formula is C9H17NO3S. The van der Waals surface area contributed by atoms with E-state index >= 15 is 0 Å². The summed E-state index contributed by atoms with van der Waals surface area (Å²) in [5.74, 6) is 0.307. The van der Waals surface area contributed by atoms with E-state index in [1.165, 1.54) is 6.08 Å². The van der Waals surface area contributed by atoms with Crippen molar-refractivity contribution >= 4 is 16.8 Å². The number of carbonyl (C=O) groups is 1. The summed E-state index contributed by atoms with van der Waals surface area (Å²) in [6.07, 6.45) is 4.74. The molecule has 1 unspecified atom stereocenters. The summed E-state index contributed by atoms with van der Waals surface area (Å²) in [7, 11) is -0.761. The van der Waals surface area contributed by atoms with E-state index in [2.05, 4.69) is 10.1 Å². The van der Waals surface area contributed by atoms with E-state index in [1.54, 1.807) is 19.3 Å². The number of esters is 1. The van der Waals surface area contributed by atoms with Gasteiger partial charge in [0.1, 0.15) is 0 Å². The van der Waals surface area contributed by atoms with Gasteiger partial charge < -0.3 is 10.1 Å². The quantitative estimate of drug-likeness (QED) is 0.374. The predicted molar refractivity (Wildman–Crippen MR) is 57.6 cm³/mol. The molecule has 0 heterocycles. The molecule has 0 aromatic rings. The summed E-state index contributed by atoms with van der Waals surface area (Å²) in [6, 6.07) is 0. The van der Waals surface area contributed by atoms with Gasteiger partial charge in [0.05, 0.1) is 6.61 Å². The zero-order chi connectivity index (χ0) is 10.8. The predicted octanol–water partition coefficient (Wildman–Crippen LogP) is 0.0738. The monoisotopic (exact) mass is 219 g/mol. The van der Waals surface area contributed by atoms with Crippen LogP contribution in [0.5, 0.6) is 0 Å². The number of hydrogen-bond donors (Lipinski definition) is 1. The Morgan fingerprint density at radius 1 is 1.57 bits per heavy atom. The van der Waals surface area contributed by atoms with Gasteiger partial charge in [-0.3, -0.25) is 4.21 Å². The summed E-state index contributed by atoms with van der Waals surface area (Å²) < 4.78 is 15.3. The van der Waals surface area contributed by atoms with Gasteiger partial charge in [-0.1, -0.05) is 6.08 Å². The Hall–Kier alpha value is -0.680. The summed E-state index contributed by atoms with van der Waals surface area (Å²) in [5, 5.41) is 3.03. The summed E-state index contributed by atoms with van der Waals surface area (Å²) in [6.45, 7) is 3.44. The summed E-state index contributed by atoms with van der Waals surface area (Å²) >= 11 is 0. The second-order valence-corrected chi connectivity index (χ2v) is 4.19. The highest BCUT2D eigenvalue weighted by molar-refractivity contribution is 7.84. The number of hydrogen-bond acceptors (Lipinski definition) is 4. The molecule has 0 saturated carbocycles. The van der Waals surface area contributed by atoms with Crippen LogP contribution in [0.25, 0.3) is 0 Å². The normalized spacial score (nSPS) is 13.0. The Morgan fingerprint density at radius 2 is 2.29 bits per heavy atom. The molecule has 0 saturated heterocycles. The second kappa shape index (κ2) is 8.90.